The number of para-hydroxylation sites is 1. The monoisotopic (exact) mass is 387 g/mol. The lowest BCUT2D eigenvalue weighted by Gasteiger charge is -2.13. The van der Waals surface area contributed by atoms with Crippen molar-refractivity contribution < 1.29 is 9.21 Å². The van der Waals surface area contributed by atoms with Gasteiger partial charge >= 0.3 is 0 Å². The van der Waals surface area contributed by atoms with Gasteiger partial charge in [-0.15, -0.1) is 0 Å². The smallest absolute Gasteiger partial charge is 0.291 e. The van der Waals surface area contributed by atoms with Gasteiger partial charge in [-0.05, 0) is 62.9 Å². The summed E-state index contributed by atoms with van der Waals surface area (Å²) in [6.07, 6.45) is 2.62. The zero-order chi connectivity index (χ0) is 20.4. The zero-order valence-electron chi connectivity index (χ0n) is 17.0. The Labute approximate surface area is 170 Å². The third-order valence-electron chi connectivity index (χ3n) is 5.27. The molecule has 0 bridgehead atoms. The molecule has 1 aliphatic rings. The number of hydrogen-bond acceptors (Lipinski definition) is 4. The van der Waals surface area contributed by atoms with Gasteiger partial charge in [0.2, 0.25) is 0 Å². The van der Waals surface area contributed by atoms with Crippen LogP contribution in [0.5, 0.6) is 0 Å². The fraction of sp³-hybridized carbons (Fsp3) is 0.250. The first-order chi connectivity index (χ1) is 14.0. The second kappa shape index (κ2) is 7.95. The first-order valence-electron chi connectivity index (χ1n) is 9.92. The highest BCUT2D eigenvalue weighted by Crippen LogP contribution is 2.31. The minimum Gasteiger partial charge on any atom is -0.455 e. The van der Waals surface area contributed by atoms with Gasteiger partial charge in [0.1, 0.15) is 5.76 Å². The molecule has 5 nitrogen and oxygen atoms in total. The molecule has 1 amide bonds. The van der Waals surface area contributed by atoms with Gasteiger partial charge in [0.05, 0.1) is 11.4 Å². The first kappa shape index (κ1) is 19.0. The molecule has 29 heavy (non-hydrogen) atoms. The molecule has 0 unspecified atom stereocenters. The Balaban J connectivity index is 1.62. The van der Waals surface area contributed by atoms with Gasteiger partial charge in [0, 0.05) is 23.2 Å². The number of carbonyl (C=O) groups is 1. The maximum absolute atomic E-state index is 12.9. The normalized spacial score (nSPS) is 14.5. The minimum absolute atomic E-state index is 0.221. The third kappa shape index (κ3) is 3.94. The van der Waals surface area contributed by atoms with Gasteiger partial charge in [0.15, 0.2) is 5.76 Å². The van der Waals surface area contributed by atoms with Crippen molar-refractivity contribution >= 4 is 23.0 Å². The lowest BCUT2D eigenvalue weighted by molar-refractivity contribution is 0.0994. The average Bonchev–Trinajstić information content (AvgIpc) is 3.07. The number of amides is 1. The molecule has 5 heteroatoms. The van der Waals surface area contributed by atoms with Gasteiger partial charge in [-0.25, -0.2) is 0 Å². The summed E-state index contributed by atoms with van der Waals surface area (Å²) in [5.41, 5.74) is 9.72. The summed E-state index contributed by atoms with van der Waals surface area (Å²) in [4.78, 5) is 12.9. The highest BCUT2D eigenvalue weighted by Gasteiger charge is 2.28. The molecule has 0 spiro atoms. The quantitative estimate of drug-likeness (QED) is 0.572. The van der Waals surface area contributed by atoms with Crippen molar-refractivity contribution in [3.63, 3.8) is 0 Å². The van der Waals surface area contributed by atoms with Crippen LogP contribution in [-0.4, -0.2) is 11.6 Å². The molecule has 1 aliphatic carbocycles. The van der Waals surface area contributed by atoms with E-state index in [1.54, 1.807) is 0 Å². The lowest BCUT2D eigenvalue weighted by atomic mass is 9.93. The number of fused-ring (bicyclic) bond motifs is 1. The summed E-state index contributed by atoms with van der Waals surface area (Å²) < 4.78 is 6.00. The first-order valence-corrected chi connectivity index (χ1v) is 9.92. The molecule has 2 N–H and O–H groups in total. The largest absolute Gasteiger partial charge is 0.455 e. The average molecular weight is 387 g/mol. The number of nitrogens with zero attached hydrogens (tertiary/aromatic N) is 1. The number of carbonyl (C=O) groups excluding carboxylic acids is 1. The zero-order valence-corrected chi connectivity index (χ0v) is 17.0. The molecule has 4 rings (SSSR count). The lowest BCUT2D eigenvalue weighted by Crippen LogP contribution is -2.15. The third-order valence-corrected chi connectivity index (χ3v) is 5.27. The van der Waals surface area contributed by atoms with Crippen molar-refractivity contribution in [1.29, 1.82) is 0 Å². The van der Waals surface area contributed by atoms with Crippen LogP contribution in [0.15, 0.2) is 58.0 Å². The highest BCUT2D eigenvalue weighted by molar-refractivity contribution is 6.09. The van der Waals surface area contributed by atoms with Gasteiger partial charge in [-0.2, -0.15) is 5.10 Å². The van der Waals surface area contributed by atoms with Crippen LogP contribution in [0, 0.1) is 20.8 Å². The fourth-order valence-corrected chi connectivity index (χ4v) is 3.69. The molecule has 0 saturated heterocycles. The van der Waals surface area contributed by atoms with E-state index in [2.05, 4.69) is 15.8 Å². The van der Waals surface area contributed by atoms with E-state index < -0.39 is 0 Å². The predicted octanol–water partition coefficient (Wildman–Crippen LogP) is 5.61. The maximum atomic E-state index is 12.9. The van der Waals surface area contributed by atoms with E-state index in [9.17, 15) is 4.79 Å². The maximum Gasteiger partial charge on any atom is 0.291 e. The van der Waals surface area contributed by atoms with Crippen LogP contribution in [0.1, 0.15) is 51.4 Å². The molecule has 1 aromatic heterocycles. The minimum atomic E-state index is -0.221. The number of furan rings is 1. The van der Waals surface area contributed by atoms with Crippen LogP contribution in [0.2, 0.25) is 0 Å². The van der Waals surface area contributed by atoms with Crippen LogP contribution in [0.4, 0.5) is 11.4 Å². The standard InChI is InChI=1S/C24H25N3O2/c1-15-12-13-16(2)20(14-15)25-24(28)23-17(3)22-19(10-7-11-21(22)29-23)27-26-18-8-5-4-6-9-18/h4-6,8-9,12-14,26H,7,10-11H2,1-3H3,(H,25,28)/b27-19+. The molecule has 0 aliphatic heterocycles. The molecule has 1 heterocycles. The molecule has 2 aromatic carbocycles. The van der Waals surface area contributed by atoms with E-state index in [0.29, 0.717) is 5.76 Å². The predicted molar refractivity (Wildman–Crippen MR) is 117 cm³/mol. The molecule has 0 atom stereocenters. The summed E-state index contributed by atoms with van der Waals surface area (Å²) in [5.74, 6) is 0.986. The SMILES string of the molecule is Cc1ccc(C)c(NC(=O)c2oc3c(c2C)/C(=N/Nc2ccccc2)CCC3)c1. The van der Waals surface area contributed by atoms with E-state index >= 15 is 0 Å². The van der Waals surface area contributed by atoms with Crippen molar-refractivity contribution in [2.75, 3.05) is 10.7 Å². The Morgan fingerprint density at radius 3 is 2.62 bits per heavy atom. The number of aryl methyl sites for hydroxylation is 3. The van der Waals surface area contributed by atoms with Gasteiger partial charge < -0.3 is 9.73 Å². The van der Waals surface area contributed by atoms with Crippen LogP contribution in [0.25, 0.3) is 0 Å². The molecular weight excluding hydrogens is 362 g/mol. The number of rotatable bonds is 4. The van der Waals surface area contributed by atoms with Crippen molar-refractivity contribution in [1.82, 2.24) is 0 Å². The van der Waals surface area contributed by atoms with E-state index in [1.165, 1.54) is 0 Å². The highest BCUT2D eigenvalue weighted by atomic mass is 16.4. The molecule has 148 valence electrons. The Morgan fingerprint density at radius 1 is 1.03 bits per heavy atom. The number of nitrogens with one attached hydrogen (secondary N) is 2. The summed E-state index contributed by atoms with van der Waals surface area (Å²) in [5, 5.41) is 7.61. The Hall–Kier alpha value is -3.34. The summed E-state index contributed by atoms with van der Waals surface area (Å²) in [6, 6.07) is 15.9. The number of hydrazone groups is 1. The number of hydrogen-bond donors (Lipinski definition) is 2. The van der Waals surface area contributed by atoms with Crippen LogP contribution < -0.4 is 10.7 Å². The van der Waals surface area contributed by atoms with Crippen LogP contribution in [0.3, 0.4) is 0 Å². The van der Waals surface area contributed by atoms with Crippen LogP contribution >= 0.6 is 0 Å². The number of anilines is 2. The topological polar surface area (TPSA) is 66.6 Å². The van der Waals surface area contributed by atoms with Crippen molar-refractivity contribution in [3.8, 4) is 0 Å². The van der Waals surface area contributed by atoms with E-state index in [1.807, 2.05) is 69.3 Å². The van der Waals surface area contributed by atoms with Crippen LogP contribution in [-0.2, 0) is 6.42 Å². The molecule has 0 fully saturated rings. The van der Waals surface area contributed by atoms with E-state index in [0.717, 1.165) is 64.4 Å². The van der Waals surface area contributed by atoms with E-state index in [4.69, 9.17) is 4.42 Å². The van der Waals surface area contributed by atoms with Crippen molar-refractivity contribution in [2.45, 2.75) is 40.0 Å². The van der Waals surface area contributed by atoms with Crippen molar-refractivity contribution in [3.05, 3.63) is 82.3 Å². The molecular formula is C24H25N3O2. The molecule has 3 aromatic rings. The Kier molecular flexibility index (Phi) is 5.21. The second-order valence-electron chi connectivity index (χ2n) is 7.52. The summed E-state index contributed by atoms with van der Waals surface area (Å²) in [6.45, 7) is 5.92. The number of benzene rings is 2. The Morgan fingerprint density at radius 2 is 1.83 bits per heavy atom. The van der Waals surface area contributed by atoms with Gasteiger partial charge in [0.25, 0.3) is 5.91 Å². The second-order valence-corrected chi connectivity index (χ2v) is 7.52. The Bertz CT molecular complexity index is 1080. The fourth-order valence-electron chi connectivity index (χ4n) is 3.69. The van der Waals surface area contributed by atoms with Gasteiger partial charge in [-0.1, -0.05) is 30.3 Å². The van der Waals surface area contributed by atoms with E-state index in [-0.39, 0.29) is 5.91 Å². The molecule has 0 radical (unpaired) electrons. The van der Waals surface area contributed by atoms with Gasteiger partial charge in [-0.3, -0.25) is 10.2 Å². The summed E-state index contributed by atoms with van der Waals surface area (Å²) >= 11 is 0. The summed E-state index contributed by atoms with van der Waals surface area (Å²) in [7, 11) is 0. The molecule has 0 saturated carbocycles. The van der Waals surface area contributed by atoms with Crippen molar-refractivity contribution in [2.24, 2.45) is 5.10 Å².